The lowest BCUT2D eigenvalue weighted by molar-refractivity contribution is 0.0925. The number of halogens is 1. The molecule has 0 atom stereocenters. The Kier molecular flexibility index (Phi) is 5.17. The first-order valence-corrected chi connectivity index (χ1v) is 8.28. The summed E-state index contributed by atoms with van der Waals surface area (Å²) in [4.78, 5) is 12.5. The first-order valence-electron chi connectivity index (χ1n) is 7.90. The van der Waals surface area contributed by atoms with Crippen molar-refractivity contribution in [3.05, 3.63) is 53.3 Å². The second-order valence-corrected chi connectivity index (χ2v) is 6.20. The van der Waals surface area contributed by atoms with Gasteiger partial charge in [-0.25, -0.2) is 0 Å². The number of benzene rings is 1. The normalized spacial score (nSPS) is 15.0. The highest BCUT2D eigenvalue weighted by Gasteiger charge is 2.20. The van der Waals surface area contributed by atoms with Crippen molar-refractivity contribution in [2.45, 2.75) is 18.9 Å². The molecule has 4 N–H and O–H groups in total. The molecular weight excluding hydrogens is 326 g/mol. The summed E-state index contributed by atoms with van der Waals surface area (Å²) in [5.41, 5.74) is 2.57. The molecule has 126 valence electrons. The van der Waals surface area contributed by atoms with Crippen LogP contribution in [0.25, 0.3) is 5.70 Å². The SMILES string of the molecule is C=C(Nc1cn[nH]c1C(=O)NC1CCNCC1)c1ccc(Cl)cc1. The van der Waals surface area contributed by atoms with Crippen molar-refractivity contribution < 1.29 is 4.79 Å². The molecule has 6 nitrogen and oxygen atoms in total. The fourth-order valence-corrected chi connectivity index (χ4v) is 2.79. The smallest absolute Gasteiger partial charge is 0.271 e. The minimum Gasteiger partial charge on any atom is -0.352 e. The quantitative estimate of drug-likeness (QED) is 0.671. The molecule has 1 aromatic heterocycles. The second-order valence-electron chi connectivity index (χ2n) is 5.77. The van der Waals surface area contributed by atoms with Crippen LogP contribution < -0.4 is 16.0 Å². The van der Waals surface area contributed by atoms with Crippen molar-refractivity contribution >= 4 is 28.9 Å². The minimum atomic E-state index is -0.161. The van der Waals surface area contributed by atoms with Crippen molar-refractivity contribution in [3.8, 4) is 0 Å². The van der Waals surface area contributed by atoms with E-state index >= 15 is 0 Å². The number of hydrogen-bond donors (Lipinski definition) is 4. The molecule has 1 fully saturated rings. The lowest BCUT2D eigenvalue weighted by Gasteiger charge is -2.23. The third-order valence-electron chi connectivity index (χ3n) is 4.02. The molecular formula is C17H20ClN5O. The van der Waals surface area contributed by atoms with E-state index in [-0.39, 0.29) is 11.9 Å². The number of anilines is 1. The lowest BCUT2D eigenvalue weighted by atomic mass is 10.1. The average molecular weight is 346 g/mol. The summed E-state index contributed by atoms with van der Waals surface area (Å²) in [5, 5.41) is 16.9. The van der Waals surface area contributed by atoms with Crippen molar-refractivity contribution in [1.29, 1.82) is 0 Å². The van der Waals surface area contributed by atoms with Gasteiger partial charge in [0.15, 0.2) is 0 Å². The average Bonchev–Trinajstić information content (AvgIpc) is 3.04. The summed E-state index contributed by atoms with van der Waals surface area (Å²) in [6.07, 6.45) is 3.44. The maximum absolute atomic E-state index is 12.5. The number of carbonyl (C=O) groups is 1. The molecule has 1 aliphatic heterocycles. The lowest BCUT2D eigenvalue weighted by Crippen LogP contribution is -2.42. The Morgan fingerprint density at radius 1 is 1.25 bits per heavy atom. The van der Waals surface area contributed by atoms with Crippen LogP contribution in [0.2, 0.25) is 5.02 Å². The van der Waals surface area contributed by atoms with E-state index < -0.39 is 0 Å². The first kappa shape index (κ1) is 16.5. The highest BCUT2D eigenvalue weighted by Crippen LogP contribution is 2.21. The number of piperidine rings is 1. The largest absolute Gasteiger partial charge is 0.352 e. The number of amides is 1. The fourth-order valence-electron chi connectivity index (χ4n) is 2.66. The zero-order chi connectivity index (χ0) is 16.9. The third-order valence-corrected chi connectivity index (χ3v) is 4.27. The Labute approximate surface area is 145 Å². The molecule has 1 aromatic carbocycles. The summed E-state index contributed by atoms with van der Waals surface area (Å²) < 4.78 is 0. The highest BCUT2D eigenvalue weighted by molar-refractivity contribution is 6.30. The third kappa shape index (κ3) is 3.96. The molecule has 2 heterocycles. The van der Waals surface area contributed by atoms with E-state index in [1.54, 1.807) is 18.3 Å². The highest BCUT2D eigenvalue weighted by atomic mass is 35.5. The Morgan fingerprint density at radius 3 is 2.67 bits per heavy atom. The number of rotatable bonds is 5. The summed E-state index contributed by atoms with van der Waals surface area (Å²) in [6.45, 7) is 5.86. The van der Waals surface area contributed by atoms with Crippen molar-refractivity contribution in [2.24, 2.45) is 0 Å². The van der Waals surface area contributed by atoms with Gasteiger partial charge in [-0.05, 0) is 43.6 Å². The molecule has 0 bridgehead atoms. The molecule has 7 heteroatoms. The van der Waals surface area contributed by atoms with E-state index in [2.05, 4.69) is 32.7 Å². The summed E-state index contributed by atoms with van der Waals surface area (Å²) in [6, 6.07) is 7.52. The first-order chi connectivity index (χ1) is 11.6. The van der Waals surface area contributed by atoms with Crippen LogP contribution in [0.3, 0.4) is 0 Å². The number of nitrogens with zero attached hydrogens (tertiary/aromatic N) is 1. The van der Waals surface area contributed by atoms with E-state index in [1.165, 1.54) is 0 Å². The van der Waals surface area contributed by atoms with Crippen LogP contribution in [0, 0.1) is 0 Å². The van der Waals surface area contributed by atoms with Gasteiger partial charge in [-0.15, -0.1) is 0 Å². The molecule has 0 aliphatic carbocycles. The molecule has 0 radical (unpaired) electrons. The second kappa shape index (κ2) is 7.51. The maximum atomic E-state index is 12.5. The molecule has 2 aromatic rings. The Bertz CT molecular complexity index is 719. The molecule has 1 saturated heterocycles. The van der Waals surface area contributed by atoms with E-state index in [1.807, 2.05) is 12.1 Å². The predicted octanol–water partition coefficient (Wildman–Crippen LogP) is 2.63. The van der Waals surface area contributed by atoms with Crippen LogP contribution >= 0.6 is 11.6 Å². The topological polar surface area (TPSA) is 81.8 Å². The van der Waals surface area contributed by atoms with Crippen molar-refractivity contribution in [3.63, 3.8) is 0 Å². The van der Waals surface area contributed by atoms with Crippen LogP contribution in [0.1, 0.15) is 28.9 Å². The number of nitrogens with one attached hydrogen (secondary N) is 4. The van der Waals surface area contributed by atoms with Gasteiger partial charge in [0.25, 0.3) is 5.91 Å². The zero-order valence-electron chi connectivity index (χ0n) is 13.2. The molecule has 24 heavy (non-hydrogen) atoms. The molecule has 0 spiro atoms. The zero-order valence-corrected chi connectivity index (χ0v) is 14.0. The van der Waals surface area contributed by atoms with Gasteiger partial charge in [0, 0.05) is 16.8 Å². The monoisotopic (exact) mass is 345 g/mol. The Morgan fingerprint density at radius 2 is 1.96 bits per heavy atom. The van der Waals surface area contributed by atoms with E-state index in [0.29, 0.717) is 22.1 Å². The summed E-state index contributed by atoms with van der Waals surface area (Å²) in [7, 11) is 0. The maximum Gasteiger partial charge on any atom is 0.271 e. The van der Waals surface area contributed by atoms with Crippen molar-refractivity contribution in [2.75, 3.05) is 18.4 Å². The van der Waals surface area contributed by atoms with Crippen LogP contribution in [0.15, 0.2) is 37.0 Å². The summed E-state index contributed by atoms with van der Waals surface area (Å²) >= 11 is 5.90. The van der Waals surface area contributed by atoms with Crippen LogP contribution in [0.5, 0.6) is 0 Å². The Hall–Kier alpha value is -2.31. The predicted molar refractivity (Wildman–Crippen MR) is 96.1 cm³/mol. The van der Waals surface area contributed by atoms with Gasteiger partial charge in [0.2, 0.25) is 0 Å². The molecule has 3 rings (SSSR count). The molecule has 0 saturated carbocycles. The van der Waals surface area contributed by atoms with Gasteiger partial charge >= 0.3 is 0 Å². The van der Waals surface area contributed by atoms with E-state index in [9.17, 15) is 4.79 Å². The number of aromatic nitrogens is 2. The Balaban J connectivity index is 1.67. The van der Waals surface area contributed by atoms with Crippen molar-refractivity contribution in [1.82, 2.24) is 20.8 Å². The fraction of sp³-hybridized carbons (Fsp3) is 0.294. The molecule has 1 aliphatic rings. The number of hydrogen-bond acceptors (Lipinski definition) is 4. The standard InChI is InChI=1S/C17H20ClN5O/c1-11(12-2-4-13(18)5-3-12)21-15-10-20-23-16(15)17(24)22-14-6-8-19-9-7-14/h2-5,10,14,19,21H,1,6-9H2,(H,20,23)(H,22,24). The number of aromatic amines is 1. The van der Waals surface area contributed by atoms with Gasteiger partial charge in [-0.3, -0.25) is 9.89 Å². The van der Waals surface area contributed by atoms with Gasteiger partial charge in [-0.1, -0.05) is 30.3 Å². The van der Waals surface area contributed by atoms with Crippen LogP contribution in [-0.2, 0) is 0 Å². The van der Waals surface area contributed by atoms with Crippen LogP contribution in [0.4, 0.5) is 5.69 Å². The van der Waals surface area contributed by atoms with Gasteiger partial charge < -0.3 is 16.0 Å². The van der Waals surface area contributed by atoms with Gasteiger partial charge in [-0.2, -0.15) is 5.10 Å². The van der Waals surface area contributed by atoms with E-state index in [4.69, 9.17) is 11.6 Å². The van der Waals surface area contributed by atoms with E-state index in [0.717, 1.165) is 31.5 Å². The molecule has 1 amide bonds. The molecule has 0 unspecified atom stereocenters. The van der Waals surface area contributed by atoms with Gasteiger partial charge in [0.05, 0.1) is 11.9 Å². The van der Waals surface area contributed by atoms with Gasteiger partial charge in [0.1, 0.15) is 5.69 Å². The van der Waals surface area contributed by atoms with Crippen LogP contribution in [-0.4, -0.2) is 35.2 Å². The number of carbonyl (C=O) groups excluding carboxylic acids is 1. The summed E-state index contributed by atoms with van der Waals surface area (Å²) in [5.74, 6) is -0.161. The minimum absolute atomic E-state index is 0.161. The number of H-pyrrole nitrogens is 1.